The minimum atomic E-state index is -1.47. The number of carbonyl (C=O) groups is 4. The summed E-state index contributed by atoms with van der Waals surface area (Å²) in [5.41, 5.74) is 5.09. The van der Waals surface area contributed by atoms with Crippen LogP contribution in [0, 0.1) is 10.7 Å². The van der Waals surface area contributed by atoms with Gasteiger partial charge in [0.1, 0.15) is 13.2 Å². The van der Waals surface area contributed by atoms with Gasteiger partial charge in [-0.15, -0.1) is 0 Å². The number of nitrogens with zero attached hydrogens (tertiary/aromatic N) is 2. The molecule has 1 aromatic carbocycles. The number of primary amides is 1. The van der Waals surface area contributed by atoms with Gasteiger partial charge in [0.25, 0.3) is 5.91 Å². The Labute approximate surface area is 272 Å². The maximum absolute atomic E-state index is 13.1. The Morgan fingerprint density at radius 1 is 1.18 bits per heavy atom. The lowest BCUT2D eigenvalue weighted by molar-refractivity contribution is -0.200. The molecule has 0 radical (unpaired) electrons. The molecule has 40 heavy (non-hydrogen) atoms. The molecule has 0 aliphatic carbocycles. The molecule has 2 unspecified atom stereocenters. The fraction of sp³-hybridized carbons (Fsp3) is 0.583. The highest BCUT2D eigenvalue weighted by Gasteiger charge is 2.51. The van der Waals surface area contributed by atoms with Crippen molar-refractivity contribution >= 4 is 91.6 Å². The number of nitrogens with two attached hydrogens (primary N) is 1. The second-order valence-electron chi connectivity index (χ2n) is 9.44. The molecule has 2 rings (SSSR count). The van der Waals surface area contributed by atoms with Crippen molar-refractivity contribution in [1.29, 1.82) is 0 Å². The number of esters is 2. The smallest absolute Gasteiger partial charge is 0.326 e. The predicted molar refractivity (Wildman–Crippen MR) is 166 cm³/mol. The van der Waals surface area contributed by atoms with Crippen molar-refractivity contribution in [1.82, 2.24) is 9.80 Å². The minimum Gasteiger partial charge on any atom is -0.466 e. The van der Waals surface area contributed by atoms with Gasteiger partial charge in [-0.25, -0.2) is 4.79 Å². The van der Waals surface area contributed by atoms with Crippen LogP contribution < -0.4 is 5.73 Å². The molecule has 1 fully saturated rings. The van der Waals surface area contributed by atoms with Crippen molar-refractivity contribution in [3.63, 3.8) is 0 Å². The lowest BCUT2D eigenvalue weighted by Crippen LogP contribution is -2.58. The standard InChI is InChI=1S/C24H32I3N3O10/c1-13(32)37-6-5-24(12-39-23(2,3)40-24)30(22(28)36)9-18(34)38-11-15-16(25)7-17(26)19(20(15)27)21(35)29(4)8-14(33)10-31/h7,14,31,33H,5-6,8-12H2,1-4H3,(H2,28,36). The number of halogens is 3. The second-order valence-corrected chi connectivity index (χ2v) is 12.8. The minimum absolute atomic E-state index is 0.00309. The topological polar surface area (TPSA) is 178 Å². The van der Waals surface area contributed by atoms with Crippen molar-refractivity contribution in [2.24, 2.45) is 5.73 Å². The van der Waals surface area contributed by atoms with Crippen LogP contribution in [0.3, 0.4) is 0 Å². The SMILES string of the molecule is CC(=O)OCCC1(N(CC(=O)OCc2c(I)cc(I)c(C(=O)N(C)CC(O)CO)c2I)C(N)=O)COC(C)(C)O1. The first-order valence-electron chi connectivity index (χ1n) is 11.9. The van der Waals surface area contributed by atoms with E-state index in [1.807, 2.05) is 45.2 Å². The Kier molecular flexibility index (Phi) is 13.1. The zero-order valence-corrected chi connectivity index (χ0v) is 28.8. The summed E-state index contributed by atoms with van der Waals surface area (Å²) in [5, 5.41) is 18.8. The summed E-state index contributed by atoms with van der Waals surface area (Å²) in [5.74, 6) is -2.78. The first-order valence-corrected chi connectivity index (χ1v) is 15.2. The number of aliphatic hydroxyl groups excluding tert-OH is 2. The van der Waals surface area contributed by atoms with Gasteiger partial charge in [0.2, 0.25) is 0 Å². The van der Waals surface area contributed by atoms with E-state index in [4.69, 9.17) is 29.8 Å². The molecule has 224 valence electrons. The van der Waals surface area contributed by atoms with Gasteiger partial charge >= 0.3 is 18.0 Å². The van der Waals surface area contributed by atoms with Gasteiger partial charge in [-0.2, -0.15) is 0 Å². The number of amides is 3. The van der Waals surface area contributed by atoms with Gasteiger partial charge in [0.15, 0.2) is 11.5 Å². The van der Waals surface area contributed by atoms with E-state index in [2.05, 4.69) is 22.6 Å². The number of carbonyl (C=O) groups excluding carboxylic acids is 4. The van der Waals surface area contributed by atoms with Gasteiger partial charge < -0.3 is 39.8 Å². The van der Waals surface area contributed by atoms with E-state index in [1.165, 1.54) is 18.9 Å². The Bertz CT molecular complexity index is 1140. The molecule has 1 saturated heterocycles. The zero-order chi connectivity index (χ0) is 30.4. The van der Waals surface area contributed by atoms with Gasteiger partial charge in [-0.1, -0.05) is 0 Å². The van der Waals surface area contributed by atoms with Crippen LogP contribution in [0.15, 0.2) is 6.07 Å². The number of urea groups is 1. The molecule has 16 heteroatoms. The van der Waals surface area contributed by atoms with Crippen molar-refractivity contribution in [3.8, 4) is 0 Å². The molecule has 1 aliphatic rings. The molecule has 1 heterocycles. The molecule has 0 bridgehead atoms. The number of aliphatic hydroxyl groups is 2. The largest absolute Gasteiger partial charge is 0.466 e. The first kappa shape index (κ1) is 35.1. The van der Waals surface area contributed by atoms with Crippen LogP contribution in [0.25, 0.3) is 0 Å². The third-order valence-electron chi connectivity index (χ3n) is 5.82. The van der Waals surface area contributed by atoms with Crippen molar-refractivity contribution < 1.29 is 48.3 Å². The quantitative estimate of drug-likeness (QED) is 0.207. The summed E-state index contributed by atoms with van der Waals surface area (Å²) in [4.78, 5) is 52.1. The summed E-state index contributed by atoms with van der Waals surface area (Å²) in [6.07, 6.45) is -1.08. The number of rotatable bonds is 12. The molecule has 1 aliphatic heterocycles. The molecule has 0 aromatic heterocycles. The van der Waals surface area contributed by atoms with Gasteiger partial charge in [0, 0.05) is 43.2 Å². The van der Waals surface area contributed by atoms with E-state index in [0.29, 0.717) is 18.3 Å². The fourth-order valence-corrected chi connectivity index (χ4v) is 8.05. The lowest BCUT2D eigenvalue weighted by atomic mass is 10.1. The van der Waals surface area contributed by atoms with Gasteiger partial charge in [-0.05, 0) is 87.7 Å². The van der Waals surface area contributed by atoms with E-state index in [1.54, 1.807) is 19.9 Å². The number of hydrogen-bond donors (Lipinski definition) is 3. The number of likely N-dealkylation sites (N-methyl/N-ethyl adjacent to an activating group) is 1. The predicted octanol–water partition coefficient (Wildman–Crippen LogP) is 1.78. The molecular formula is C24H32I3N3O10. The second kappa shape index (κ2) is 14.9. The van der Waals surface area contributed by atoms with E-state index < -0.39 is 48.7 Å². The van der Waals surface area contributed by atoms with Crippen molar-refractivity contribution in [3.05, 3.63) is 27.9 Å². The molecule has 2 atom stereocenters. The van der Waals surface area contributed by atoms with Gasteiger partial charge in [0.05, 0.1) is 31.5 Å². The summed E-state index contributed by atoms with van der Waals surface area (Å²) in [6, 6.07) is 0.808. The molecular weight excluding hydrogens is 871 g/mol. The van der Waals surface area contributed by atoms with Crippen molar-refractivity contribution in [2.75, 3.05) is 40.0 Å². The first-order chi connectivity index (χ1) is 18.5. The van der Waals surface area contributed by atoms with Crippen LogP contribution in [0.5, 0.6) is 0 Å². The summed E-state index contributed by atoms with van der Waals surface area (Å²) >= 11 is 6.11. The maximum Gasteiger partial charge on any atom is 0.326 e. The third kappa shape index (κ3) is 9.21. The number of ether oxygens (including phenoxy) is 4. The average molecular weight is 903 g/mol. The van der Waals surface area contributed by atoms with Crippen LogP contribution in [-0.2, 0) is 35.1 Å². The summed E-state index contributed by atoms with van der Waals surface area (Å²) < 4.78 is 24.1. The van der Waals surface area contributed by atoms with Crippen LogP contribution >= 0.6 is 67.8 Å². The lowest BCUT2D eigenvalue weighted by Gasteiger charge is -2.38. The molecule has 0 spiro atoms. The Morgan fingerprint density at radius 2 is 1.82 bits per heavy atom. The van der Waals surface area contributed by atoms with Crippen LogP contribution in [0.2, 0.25) is 0 Å². The number of hydrogen-bond acceptors (Lipinski definition) is 10. The van der Waals surface area contributed by atoms with E-state index in [-0.39, 0.29) is 38.7 Å². The van der Waals surface area contributed by atoms with Crippen LogP contribution in [0.1, 0.15) is 43.1 Å². The van der Waals surface area contributed by atoms with Crippen LogP contribution in [-0.4, -0.2) is 101 Å². The highest BCUT2D eigenvalue weighted by atomic mass is 127. The molecule has 4 N–H and O–H groups in total. The Balaban J connectivity index is 2.24. The third-order valence-corrected chi connectivity index (χ3v) is 8.83. The van der Waals surface area contributed by atoms with Crippen molar-refractivity contribution in [2.45, 2.75) is 51.4 Å². The highest BCUT2D eigenvalue weighted by molar-refractivity contribution is 14.1. The Hall–Kier alpha value is -1.07. The molecule has 13 nitrogen and oxygen atoms in total. The Morgan fingerprint density at radius 3 is 2.35 bits per heavy atom. The summed E-state index contributed by atoms with van der Waals surface area (Å²) in [6.45, 7) is 2.98. The average Bonchev–Trinajstić information content (AvgIpc) is 3.16. The fourth-order valence-electron chi connectivity index (χ4n) is 3.91. The van der Waals surface area contributed by atoms with E-state index in [9.17, 15) is 24.3 Å². The normalized spacial score (nSPS) is 18.6. The molecule has 0 saturated carbocycles. The maximum atomic E-state index is 13.1. The molecule has 3 amide bonds. The monoisotopic (exact) mass is 903 g/mol. The van der Waals surface area contributed by atoms with E-state index >= 15 is 0 Å². The zero-order valence-electron chi connectivity index (χ0n) is 22.4. The number of benzene rings is 1. The van der Waals surface area contributed by atoms with Crippen LogP contribution in [0.4, 0.5) is 4.79 Å². The summed E-state index contributed by atoms with van der Waals surface area (Å²) in [7, 11) is 1.51. The highest BCUT2D eigenvalue weighted by Crippen LogP contribution is 2.36. The van der Waals surface area contributed by atoms with Gasteiger partial charge in [-0.3, -0.25) is 19.3 Å². The van der Waals surface area contributed by atoms with E-state index in [0.717, 1.165) is 8.47 Å². The molecule has 1 aromatic rings.